The quantitative estimate of drug-likeness (QED) is 0.634. The second-order valence-corrected chi connectivity index (χ2v) is 9.42. The van der Waals surface area contributed by atoms with Crippen LogP contribution in [0.5, 0.6) is 0 Å². The normalized spacial score (nSPS) is 21.2. The summed E-state index contributed by atoms with van der Waals surface area (Å²) in [6.45, 7) is 7.87. The van der Waals surface area contributed by atoms with E-state index in [9.17, 15) is 4.79 Å². The van der Waals surface area contributed by atoms with Crippen molar-refractivity contribution in [2.45, 2.75) is 51.2 Å². The average molecular weight is 430 g/mol. The fourth-order valence-corrected chi connectivity index (χ4v) is 5.26. The molecule has 1 amide bonds. The van der Waals surface area contributed by atoms with Crippen molar-refractivity contribution in [1.82, 2.24) is 24.3 Å². The minimum atomic E-state index is -0.143. The van der Waals surface area contributed by atoms with Gasteiger partial charge in [-0.2, -0.15) is 0 Å². The van der Waals surface area contributed by atoms with Crippen LogP contribution >= 0.6 is 0 Å². The van der Waals surface area contributed by atoms with Crippen molar-refractivity contribution in [2.24, 2.45) is 0 Å². The van der Waals surface area contributed by atoms with Gasteiger partial charge in [-0.3, -0.25) is 14.7 Å². The topological polar surface area (TPSA) is 54.3 Å². The summed E-state index contributed by atoms with van der Waals surface area (Å²) in [7, 11) is 0. The lowest BCUT2D eigenvalue weighted by atomic mass is 9.85. The number of hydrogen-bond acceptors (Lipinski definition) is 4. The van der Waals surface area contributed by atoms with Gasteiger partial charge in [-0.1, -0.05) is 36.4 Å². The molecule has 6 nitrogen and oxygen atoms in total. The summed E-state index contributed by atoms with van der Waals surface area (Å²) in [6, 6.07) is 16.6. The number of fused-ring (bicyclic) bond motifs is 2. The van der Waals surface area contributed by atoms with E-state index in [0.717, 1.165) is 56.0 Å². The van der Waals surface area contributed by atoms with Gasteiger partial charge in [0.05, 0.1) is 29.7 Å². The van der Waals surface area contributed by atoms with Crippen molar-refractivity contribution in [3.8, 4) is 11.3 Å². The Balaban J connectivity index is 1.48. The van der Waals surface area contributed by atoms with Crippen LogP contribution in [0.1, 0.15) is 38.1 Å². The van der Waals surface area contributed by atoms with Crippen molar-refractivity contribution in [1.29, 1.82) is 0 Å². The van der Waals surface area contributed by atoms with Crippen LogP contribution in [-0.2, 0) is 23.3 Å². The van der Waals surface area contributed by atoms with Gasteiger partial charge >= 0.3 is 0 Å². The summed E-state index contributed by atoms with van der Waals surface area (Å²) in [5.41, 5.74) is 4.17. The highest BCUT2D eigenvalue weighted by Crippen LogP contribution is 2.39. The first-order valence-electron chi connectivity index (χ1n) is 11.6. The average Bonchev–Trinajstić information content (AvgIpc) is 3.25. The molecule has 1 fully saturated rings. The zero-order valence-corrected chi connectivity index (χ0v) is 18.9. The number of benzene rings is 1. The first-order chi connectivity index (χ1) is 15.6. The van der Waals surface area contributed by atoms with Crippen molar-refractivity contribution < 1.29 is 4.79 Å². The predicted molar refractivity (Wildman–Crippen MR) is 125 cm³/mol. The highest BCUT2D eigenvalue weighted by atomic mass is 16.2. The molecule has 5 rings (SSSR count). The molecule has 4 heterocycles. The van der Waals surface area contributed by atoms with Crippen molar-refractivity contribution in [2.75, 3.05) is 19.6 Å². The van der Waals surface area contributed by atoms with Crippen molar-refractivity contribution in [3.63, 3.8) is 0 Å². The molecule has 0 unspecified atom stereocenters. The maximum Gasteiger partial charge on any atom is 0.228 e. The van der Waals surface area contributed by atoms with Crippen LogP contribution in [0, 0.1) is 0 Å². The first kappa shape index (κ1) is 20.9. The lowest BCUT2D eigenvalue weighted by Crippen LogP contribution is -2.60. The Labute approximate surface area is 189 Å². The third-order valence-electron chi connectivity index (χ3n) is 6.97. The summed E-state index contributed by atoms with van der Waals surface area (Å²) >= 11 is 0. The third kappa shape index (κ3) is 3.84. The predicted octanol–water partition coefficient (Wildman–Crippen LogP) is 3.73. The van der Waals surface area contributed by atoms with E-state index in [1.165, 1.54) is 5.69 Å². The third-order valence-corrected chi connectivity index (χ3v) is 6.97. The van der Waals surface area contributed by atoms with Crippen LogP contribution in [-0.4, -0.2) is 55.9 Å². The molecular formula is C26H31N5O. The lowest BCUT2D eigenvalue weighted by molar-refractivity contribution is -0.134. The van der Waals surface area contributed by atoms with Gasteiger partial charge in [-0.15, -0.1) is 0 Å². The molecule has 1 saturated heterocycles. The molecule has 6 heteroatoms. The second kappa shape index (κ2) is 8.51. The molecular weight excluding hydrogens is 398 g/mol. The molecule has 0 radical (unpaired) electrons. The van der Waals surface area contributed by atoms with E-state index in [4.69, 9.17) is 4.98 Å². The van der Waals surface area contributed by atoms with Crippen LogP contribution < -0.4 is 0 Å². The van der Waals surface area contributed by atoms with Crippen LogP contribution in [0.25, 0.3) is 11.3 Å². The zero-order chi connectivity index (χ0) is 22.1. The van der Waals surface area contributed by atoms with Crippen LogP contribution in [0.4, 0.5) is 0 Å². The summed E-state index contributed by atoms with van der Waals surface area (Å²) in [5, 5.41) is 0. The first-order valence-corrected chi connectivity index (χ1v) is 11.6. The van der Waals surface area contributed by atoms with Gasteiger partial charge in [-0.25, -0.2) is 4.98 Å². The number of imidazole rings is 1. The number of rotatable bonds is 4. The highest BCUT2D eigenvalue weighted by Gasteiger charge is 2.45. The minimum Gasteiger partial charge on any atom is -0.340 e. The summed E-state index contributed by atoms with van der Waals surface area (Å²) in [6.07, 6.45) is 6.18. The molecule has 0 aliphatic carbocycles. The Morgan fingerprint density at radius 2 is 1.88 bits per heavy atom. The molecule has 2 aliphatic heterocycles. The number of pyridine rings is 1. The molecule has 1 atom stereocenters. The number of piperidine rings is 1. The Bertz CT molecular complexity index is 1080. The van der Waals surface area contributed by atoms with E-state index in [2.05, 4.69) is 52.6 Å². The standard InChI is InChI=1S/C26H31N5O/c1-20(2)30-16-23-25(21-9-4-3-5-10-21)28-19-31(23)26(18-30)12-8-14-29(17-26)24(32)15-22-11-6-7-13-27-22/h3-7,9-11,13,19-20H,8,12,14-18H2,1-2H3/t26-/m0/s1. The van der Waals surface area contributed by atoms with Gasteiger partial charge in [0, 0.05) is 49.7 Å². The van der Waals surface area contributed by atoms with Crippen LogP contribution in [0.3, 0.4) is 0 Å². The maximum atomic E-state index is 13.2. The Morgan fingerprint density at radius 3 is 2.62 bits per heavy atom. The summed E-state index contributed by atoms with van der Waals surface area (Å²) in [5.74, 6) is 0.161. The van der Waals surface area contributed by atoms with Gasteiger partial charge < -0.3 is 9.47 Å². The van der Waals surface area contributed by atoms with E-state index >= 15 is 0 Å². The molecule has 32 heavy (non-hydrogen) atoms. The van der Waals surface area contributed by atoms with Gasteiger partial charge in [-0.05, 0) is 38.8 Å². The summed E-state index contributed by atoms with van der Waals surface area (Å²) in [4.78, 5) is 27.0. The molecule has 2 aromatic heterocycles. The molecule has 2 aliphatic rings. The van der Waals surface area contributed by atoms with Crippen molar-refractivity contribution in [3.05, 3.63) is 72.4 Å². The Morgan fingerprint density at radius 1 is 1.06 bits per heavy atom. The smallest absolute Gasteiger partial charge is 0.228 e. The number of hydrogen-bond donors (Lipinski definition) is 0. The molecule has 0 N–H and O–H groups in total. The molecule has 0 saturated carbocycles. The number of likely N-dealkylation sites (tertiary alicyclic amines) is 1. The number of aromatic nitrogens is 3. The fraction of sp³-hybridized carbons (Fsp3) is 0.423. The van der Waals surface area contributed by atoms with E-state index in [-0.39, 0.29) is 11.4 Å². The van der Waals surface area contributed by atoms with Gasteiger partial charge in [0.15, 0.2) is 0 Å². The molecule has 1 spiro atoms. The number of nitrogens with zero attached hydrogens (tertiary/aromatic N) is 5. The molecule has 3 aromatic rings. The van der Waals surface area contributed by atoms with E-state index in [0.29, 0.717) is 12.5 Å². The number of amides is 1. The SMILES string of the molecule is CC(C)N1Cc2c(-c3ccccc3)ncn2[C@]2(CCCN(C(=O)Cc3ccccn3)C2)C1. The Hall–Kier alpha value is -2.99. The van der Waals surface area contributed by atoms with Gasteiger partial charge in [0.2, 0.25) is 5.91 Å². The largest absolute Gasteiger partial charge is 0.340 e. The number of carbonyl (C=O) groups is 1. The minimum absolute atomic E-state index is 0.143. The molecule has 166 valence electrons. The van der Waals surface area contributed by atoms with Crippen LogP contribution in [0.2, 0.25) is 0 Å². The Kier molecular flexibility index (Phi) is 5.55. The molecule has 0 bridgehead atoms. The second-order valence-electron chi connectivity index (χ2n) is 9.42. The van der Waals surface area contributed by atoms with Crippen molar-refractivity contribution >= 4 is 5.91 Å². The van der Waals surface area contributed by atoms with Gasteiger partial charge in [0.1, 0.15) is 0 Å². The van der Waals surface area contributed by atoms with Gasteiger partial charge in [0.25, 0.3) is 0 Å². The zero-order valence-electron chi connectivity index (χ0n) is 18.9. The van der Waals surface area contributed by atoms with E-state index < -0.39 is 0 Å². The highest BCUT2D eigenvalue weighted by molar-refractivity contribution is 5.78. The molecule has 1 aromatic carbocycles. The monoisotopic (exact) mass is 429 g/mol. The van der Waals surface area contributed by atoms with E-state index in [1.54, 1.807) is 6.20 Å². The van der Waals surface area contributed by atoms with Crippen LogP contribution in [0.15, 0.2) is 61.1 Å². The summed E-state index contributed by atoms with van der Waals surface area (Å²) < 4.78 is 2.40. The van der Waals surface area contributed by atoms with E-state index in [1.807, 2.05) is 35.5 Å². The lowest BCUT2D eigenvalue weighted by Gasteiger charge is -2.50. The maximum absolute atomic E-state index is 13.2. The number of carbonyl (C=O) groups excluding carboxylic acids is 1. The fourth-order valence-electron chi connectivity index (χ4n) is 5.26.